The van der Waals surface area contributed by atoms with E-state index in [1.165, 1.54) is 5.56 Å². The zero-order valence-electron chi connectivity index (χ0n) is 18.5. The first-order chi connectivity index (χ1) is 16.0. The van der Waals surface area contributed by atoms with Crippen LogP contribution in [0.4, 0.5) is 0 Å². The number of amides is 1. The summed E-state index contributed by atoms with van der Waals surface area (Å²) in [6.45, 7) is 2.94. The van der Waals surface area contributed by atoms with Crippen molar-refractivity contribution in [2.24, 2.45) is 0 Å². The maximum absolute atomic E-state index is 13.0. The van der Waals surface area contributed by atoms with Crippen molar-refractivity contribution in [1.29, 1.82) is 0 Å². The highest BCUT2D eigenvalue weighted by Crippen LogP contribution is 2.38. The summed E-state index contributed by atoms with van der Waals surface area (Å²) in [6.07, 6.45) is 3.66. The van der Waals surface area contributed by atoms with Gasteiger partial charge in [0.05, 0.1) is 19.3 Å². The Morgan fingerprint density at radius 3 is 2.76 bits per heavy atom. The topological polar surface area (TPSA) is 69.3 Å². The zero-order chi connectivity index (χ0) is 22.9. The Bertz CT molecular complexity index is 1320. The number of nitrogens with zero attached hydrogens (tertiary/aromatic N) is 2. The number of hydrogen-bond donors (Lipinski definition) is 1. The number of para-hydroxylation sites is 1. The van der Waals surface area contributed by atoms with Crippen molar-refractivity contribution >= 4 is 17.5 Å². The second kappa shape index (κ2) is 8.79. The Labute approximate surface area is 197 Å². The number of methoxy groups -OCH3 is 1. The second-order valence-electron chi connectivity index (χ2n) is 8.18. The van der Waals surface area contributed by atoms with Crippen molar-refractivity contribution in [3.63, 3.8) is 0 Å². The Balaban J connectivity index is 1.38. The summed E-state index contributed by atoms with van der Waals surface area (Å²) in [5, 5.41) is 8.51. The fraction of sp³-hybridized carbons (Fsp3) is 0.231. The molecule has 5 rings (SSSR count). The van der Waals surface area contributed by atoms with Crippen LogP contribution in [0.15, 0.2) is 59.1 Å². The minimum absolute atomic E-state index is 0.241. The third kappa shape index (κ3) is 4.14. The van der Waals surface area contributed by atoms with Crippen LogP contribution >= 0.6 is 11.6 Å². The normalized spacial score (nSPS) is 12.2. The number of rotatable bonds is 6. The number of halogens is 1. The first-order valence-electron chi connectivity index (χ1n) is 10.9. The first-order valence-corrected chi connectivity index (χ1v) is 11.2. The lowest BCUT2D eigenvalue weighted by Crippen LogP contribution is -2.23. The molecule has 1 N–H and O–H groups in total. The van der Waals surface area contributed by atoms with Crippen molar-refractivity contribution in [2.75, 3.05) is 7.11 Å². The van der Waals surface area contributed by atoms with Gasteiger partial charge < -0.3 is 14.5 Å². The van der Waals surface area contributed by atoms with E-state index < -0.39 is 0 Å². The van der Waals surface area contributed by atoms with Gasteiger partial charge >= 0.3 is 0 Å². The van der Waals surface area contributed by atoms with Crippen LogP contribution in [-0.2, 0) is 25.9 Å². The van der Waals surface area contributed by atoms with E-state index in [0.29, 0.717) is 23.9 Å². The molecule has 6 nitrogen and oxygen atoms in total. The van der Waals surface area contributed by atoms with Gasteiger partial charge in [-0.15, -0.1) is 0 Å². The van der Waals surface area contributed by atoms with Crippen molar-refractivity contribution in [1.82, 2.24) is 15.1 Å². The average Bonchev–Trinajstić information content (AvgIpc) is 3.39. The van der Waals surface area contributed by atoms with Crippen LogP contribution in [0.25, 0.3) is 11.3 Å². The van der Waals surface area contributed by atoms with Crippen LogP contribution < -0.4 is 10.1 Å². The summed E-state index contributed by atoms with van der Waals surface area (Å²) >= 11 is 6.00. The minimum atomic E-state index is -0.241. The van der Waals surface area contributed by atoms with E-state index in [2.05, 4.69) is 11.5 Å². The summed E-state index contributed by atoms with van der Waals surface area (Å²) in [5.41, 5.74) is 5.86. The molecular weight excluding hydrogens is 438 g/mol. The number of aromatic nitrogens is 2. The fourth-order valence-electron chi connectivity index (χ4n) is 4.34. The highest BCUT2D eigenvalue weighted by atomic mass is 35.5. The van der Waals surface area contributed by atoms with Gasteiger partial charge in [-0.05, 0) is 42.7 Å². The molecule has 1 amide bonds. The third-order valence-corrected chi connectivity index (χ3v) is 6.26. The van der Waals surface area contributed by atoms with Gasteiger partial charge in [-0.1, -0.05) is 41.9 Å². The molecule has 0 saturated carbocycles. The molecule has 0 atom stereocenters. The van der Waals surface area contributed by atoms with Gasteiger partial charge in [0.1, 0.15) is 11.5 Å². The van der Waals surface area contributed by atoms with Crippen LogP contribution in [0.5, 0.6) is 5.75 Å². The Hall–Kier alpha value is -3.51. The van der Waals surface area contributed by atoms with Crippen molar-refractivity contribution < 1.29 is 13.9 Å². The summed E-state index contributed by atoms with van der Waals surface area (Å²) in [7, 11) is 1.62. The number of furan rings is 1. The zero-order valence-corrected chi connectivity index (χ0v) is 19.3. The standard InChI is InChI=1S/C26H24ClN3O3/c1-16-23-22(33-25(16)26(31)28-13-18-5-3-4-6-21(18)32-2)12-9-19-15-30(29-24(19)23)14-17-7-10-20(27)11-8-17/h3-8,10-11,15H,9,12-14H2,1-2H3,(H,28,31). The SMILES string of the molecule is COc1ccccc1CNC(=O)c1oc2c(c1C)-c1nn(Cc3ccc(Cl)cc3)cc1CC2. The van der Waals surface area contributed by atoms with Gasteiger partial charge in [0.25, 0.3) is 5.91 Å². The smallest absolute Gasteiger partial charge is 0.287 e. The quantitative estimate of drug-likeness (QED) is 0.429. The van der Waals surface area contributed by atoms with Crippen LogP contribution in [0, 0.1) is 6.92 Å². The molecule has 0 unspecified atom stereocenters. The Morgan fingerprint density at radius 2 is 1.97 bits per heavy atom. The molecule has 33 heavy (non-hydrogen) atoms. The fourth-order valence-corrected chi connectivity index (χ4v) is 4.47. The minimum Gasteiger partial charge on any atom is -0.496 e. The molecule has 4 aromatic rings. The molecule has 0 spiro atoms. The number of carbonyl (C=O) groups excluding carboxylic acids is 1. The predicted molar refractivity (Wildman–Crippen MR) is 127 cm³/mol. The van der Waals surface area contributed by atoms with Gasteiger partial charge in [0, 0.05) is 40.9 Å². The lowest BCUT2D eigenvalue weighted by Gasteiger charge is -2.09. The van der Waals surface area contributed by atoms with E-state index in [1.54, 1.807) is 7.11 Å². The van der Waals surface area contributed by atoms with Crippen molar-refractivity contribution in [3.05, 3.63) is 93.5 Å². The molecule has 168 valence electrons. The van der Waals surface area contributed by atoms with E-state index in [4.69, 9.17) is 25.9 Å². The van der Waals surface area contributed by atoms with E-state index in [9.17, 15) is 4.79 Å². The average molecular weight is 462 g/mol. The van der Waals surface area contributed by atoms with Gasteiger partial charge in [-0.3, -0.25) is 9.48 Å². The molecular formula is C26H24ClN3O3. The lowest BCUT2D eigenvalue weighted by atomic mass is 9.93. The van der Waals surface area contributed by atoms with Crippen LogP contribution in [0.1, 0.15) is 38.6 Å². The molecule has 7 heteroatoms. The molecule has 0 aliphatic heterocycles. The molecule has 2 heterocycles. The van der Waals surface area contributed by atoms with Crippen LogP contribution in [-0.4, -0.2) is 22.8 Å². The molecule has 2 aromatic heterocycles. The van der Waals surface area contributed by atoms with Crippen LogP contribution in [0.2, 0.25) is 5.02 Å². The van der Waals surface area contributed by atoms with Gasteiger partial charge in [0.2, 0.25) is 0 Å². The maximum Gasteiger partial charge on any atom is 0.287 e. The van der Waals surface area contributed by atoms with E-state index in [-0.39, 0.29) is 5.91 Å². The third-order valence-electron chi connectivity index (χ3n) is 6.01. The number of fused-ring (bicyclic) bond motifs is 3. The number of hydrogen-bond acceptors (Lipinski definition) is 4. The predicted octanol–water partition coefficient (Wildman–Crippen LogP) is 5.19. The van der Waals surface area contributed by atoms with Crippen molar-refractivity contribution in [3.8, 4) is 17.0 Å². The monoisotopic (exact) mass is 461 g/mol. The van der Waals surface area contributed by atoms with E-state index in [1.807, 2.05) is 60.1 Å². The molecule has 0 saturated heterocycles. The first kappa shape index (κ1) is 21.3. The van der Waals surface area contributed by atoms with Gasteiger partial charge in [-0.2, -0.15) is 5.10 Å². The maximum atomic E-state index is 13.0. The highest BCUT2D eigenvalue weighted by molar-refractivity contribution is 6.30. The van der Waals surface area contributed by atoms with Crippen LogP contribution in [0.3, 0.4) is 0 Å². The summed E-state index contributed by atoms with van der Waals surface area (Å²) in [6, 6.07) is 15.4. The number of benzene rings is 2. The summed E-state index contributed by atoms with van der Waals surface area (Å²) in [5.74, 6) is 1.66. The van der Waals surface area contributed by atoms with E-state index >= 15 is 0 Å². The molecule has 0 bridgehead atoms. The van der Waals surface area contributed by atoms with Gasteiger partial charge in [0.15, 0.2) is 5.76 Å². The number of aryl methyl sites for hydroxylation is 2. The number of nitrogens with one attached hydrogen (secondary N) is 1. The highest BCUT2D eigenvalue weighted by Gasteiger charge is 2.29. The second-order valence-corrected chi connectivity index (χ2v) is 8.61. The number of carbonyl (C=O) groups is 1. The number of ether oxygens (including phenoxy) is 1. The van der Waals surface area contributed by atoms with E-state index in [0.717, 1.165) is 52.3 Å². The summed E-state index contributed by atoms with van der Waals surface area (Å²) < 4.78 is 13.3. The van der Waals surface area contributed by atoms with Gasteiger partial charge in [-0.25, -0.2) is 0 Å². The molecule has 2 aromatic carbocycles. The molecule has 0 radical (unpaired) electrons. The summed E-state index contributed by atoms with van der Waals surface area (Å²) in [4.78, 5) is 13.0. The molecule has 1 aliphatic rings. The lowest BCUT2D eigenvalue weighted by molar-refractivity contribution is 0.0920. The Kier molecular flexibility index (Phi) is 5.68. The Morgan fingerprint density at radius 1 is 1.18 bits per heavy atom. The largest absolute Gasteiger partial charge is 0.496 e. The molecule has 1 aliphatic carbocycles. The molecule has 0 fully saturated rings. The van der Waals surface area contributed by atoms with Crippen molar-refractivity contribution in [2.45, 2.75) is 32.9 Å².